The molecule has 0 spiro atoms. The molecule has 0 saturated carbocycles. The van der Waals surface area contributed by atoms with E-state index in [1.165, 1.54) is 16.2 Å². The van der Waals surface area contributed by atoms with Crippen molar-refractivity contribution in [3.8, 4) is 0 Å². The molecule has 3 nitrogen and oxygen atoms in total. The molecule has 0 bridgehead atoms. The van der Waals surface area contributed by atoms with Gasteiger partial charge in [-0.15, -0.1) is 11.3 Å². The van der Waals surface area contributed by atoms with Crippen molar-refractivity contribution >= 4 is 34.0 Å². The van der Waals surface area contributed by atoms with Crippen molar-refractivity contribution < 1.29 is 4.79 Å². The minimum atomic E-state index is -0.483. The van der Waals surface area contributed by atoms with E-state index >= 15 is 0 Å². The highest BCUT2D eigenvalue weighted by Gasteiger charge is 2.07. The van der Waals surface area contributed by atoms with E-state index in [1.54, 1.807) is 19.2 Å². The number of thiophene rings is 1. The summed E-state index contributed by atoms with van der Waals surface area (Å²) in [6, 6.07) is 2.99. The standard InChI is InChI=1S/C6H7ClN2OS/c1-9(6(8)10)5-3-2-4(7)11-5/h2-3H,1H3,(H2,8,10). The Hall–Kier alpha value is -0.740. The number of halogens is 1. The van der Waals surface area contributed by atoms with E-state index in [9.17, 15) is 4.79 Å². The molecule has 60 valence electrons. The van der Waals surface area contributed by atoms with Crippen LogP contribution in [0.25, 0.3) is 0 Å². The Morgan fingerprint density at radius 2 is 2.36 bits per heavy atom. The van der Waals surface area contributed by atoms with Gasteiger partial charge in [0, 0.05) is 7.05 Å². The number of amides is 2. The first-order chi connectivity index (χ1) is 5.11. The van der Waals surface area contributed by atoms with Crippen LogP contribution in [0, 0.1) is 0 Å². The van der Waals surface area contributed by atoms with E-state index in [-0.39, 0.29) is 0 Å². The van der Waals surface area contributed by atoms with Crippen LogP contribution in [0.15, 0.2) is 12.1 Å². The van der Waals surface area contributed by atoms with Gasteiger partial charge in [0.15, 0.2) is 0 Å². The summed E-state index contributed by atoms with van der Waals surface area (Å²) in [5.41, 5.74) is 5.03. The van der Waals surface area contributed by atoms with E-state index in [1.807, 2.05) is 0 Å². The number of urea groups is 1. The maximum atomic E-state index is 10.6. The molecule has 5 heteroatoms. The second kappa shape index (κ2) is 3.11. The van der Waals surface area contributed by atoms with Crippen molar-refractivity contribution in [2.75, 3.05) is 11.9 Å². The molecule has 0 radical (unpaired) electrons. The summed E-state index contributed by atoms with van der Waals surface area (Å²) in [5, 5.41) is 0.752. The van der Waals surface area contributed by atoms with E-state index in [2.05, 4.69) is 0 Å². The summed E-state index contributed by atoms with van der Waals surface area (Å²) in [6.07, 6.45) is 0. The van der Waals surface area contributed by atoms with Gasteiger partial charge in [-0.25, -0.2) is 4.79 Å². The van der Waals surface area contributed by atoms with Crippen LogP contribution in [-0.4, -0.2) is 13.1 Å². The predicted octanol–water partition coefficient (Wildman–Crippen LogP) is 1.92. The second-order valence-electron chi connectivity index (χ2n) is 1.97. The number of nitrogens with two attached hydrogens (primary N) is 1. The van der Waals surface area contributed by atoms with Crippen molar-refractivity contribution in [3.63, 3.8) is 0 Å². The minimum absolute atomic E-state index is 0.483. The lowest BCUT2D eigenvalue weighted by Crippen LogP contribution is -2.30. The molecule has 0 unspecified atom stereocenters. The monoisotopic (exact) mass is 190 g/mol. The molecule has 1 rings (SSSR count). The molecule has 1 heterocycles. The van der Waals surface area contributed by atoms with Crippen LogP contribution in [0.3, 0.4) is 0 Å². The molecule has 0 aliphatic rings. The molecule has 2 amide bonds. The van der Waals surface area contributed by atoms with E-state index in [4.69, 9.17) is 17.3 Å². The molecule has 0 atom stereocenters. The van der Waals surface area contributed by atoms with Crippen molar-refractivity contribution in [2.45, 2.75) is 0 Å². The Morgan fingerprint density at radius 1 is 1.73 bits per heavy atom. The van der Waals surface area contributed by atoms with Gasteiger partial charge in [0.05, 0.1) is 4.34 Å². The van der Waals surface area contributed by atoms with Crippen LogP contribution >= 0.6 is 22.9 Å². The molecule has 11 heavy (non-hydrogen) atoms. The van der Waals surface area contributed by atoms with E-state index in [0.717, 1.165) is 5.00 Å². The average molecular weight is 191 g/mol. The van der Waals surface area contributed by atoms with Crippen LogP contribution in [0.5, 0.6) is 0 Å². The zero-order valence-electron chi connectivity index (χ0n) is 5.87. The SMILES string of the molecule is CN(C(N)=O)c1ccc(Cl)s1. The number of carbonyl (C=O) groups is 1. The Morgan fingerprint density at radius 3 is 2.73 bits per heavy atom. The molecule has 0 fully saturated rings. The fraction of sp³-hybridized carbons (Fsp3) is 0.167. The summed E-state index contributed by atoms with van der Waals surface area (Å²) in [5.74, 6) is 0. The maximum absolute atomic E-state index is 10.6. The fourth-order valence-electron chi connectivity index (χ4n) is 0.594. The zero-order chi connectivity index (χ0) is 8.43. The van der Waals surface area contributed by atoms with Gasteiger partial charge >= 0.3 is 6.03 Å². The van der Waals surface area contributed by atoms with Crippen molar-refractivity contribution in [2.24, 2.45) is 5.73 Å². The van der Waals surface area contributed by atoms with Gasteiger partial charge in [0.2, 0.25) is 0 Å². The lowest BCUT2D eigenvalue weighted by molar-refractivity contribution is 0.255. The summed E-state index contributed by atoms with van der Waals surface area (Å²) < 4.78 is 0.646. The molecular weight excluding hydrogens is 184 g/mol. The lowest BCUT2D eigenvalue weighted by Gasteiger charge is -2.09. The average Bonchev–Trinajstić information content (AvgIpc) is 2.34. The van der Waals surface area contributed by atoms with Gasteiger partial charge in [-0.2, -0.15) is 0 Å². The normalized spacial score (nSPS) is 9.64. The van der Waals surface area contributed by atoms with Crippen molar-refractivity contribution in [1.82, 2.24) is 0 Å². The van der Waals surface area contributed by atoms with Gasteiger partial charge in [0.25, 0.3) is 0 Å². The Balaban J connectivity index is 2.84. The summed E-state index contributed by atoms with van der Waals surface area (Å²) in [4.78, 5) is 12.0. The van der Waals surface area contributed by atoms with Gasteiger partial charge in [-0.05, 0) is 12.1 Å². The Labute approximate surface area is 73.4 Å². The van der Waals surface area contributed by atoms with Crippen molar-refractivity contribution in [3.05, 3.63) is 16.5 Å². The van der Waals surface area contributed by atoms with Crippen LogP contribution in [0.1, 0.15) is 0 Å². The molecule has 1 aromatic heterocycles. The van der Waals surface area contributed by atoms with Gasteiger partial charge in [0.1, 0.15) is 5.00 Å². The summed E-state index contributed by atoms with van der Waals surface area (Å²) in [6.45, 7) is 0. The number of nitrogens with zero attached hydrogens (tertiary/aromatic N) is 1. The van der Waals surface area contributed by atoms with Crippen LogP contribution in [0.2, 0.25) is 4.34 Å². The van der Waals surface area contributed by atoms with E-state index < -0.39 is 6.03 Å². The predicted molar refractivity (Wildman–Crippen MR) is 47.3 cm³/mol. The molecule has 0 saturated heterocycles. The summed E-state index contributed by atoms with van der Waals surface area (Å²) >= 11 is 6.96. The molecular formula is C6H7ClN2OS. The molecule has 0 aromatic carbocycles. The lowest BCUT2D eigenvalue weighted by atomic mass is 10.6. The third-order valence-corrected chi connectivity index (χ3v) is 2.53. The van der Waals surface area contributed by atoms with Gasteiger partial charge in [-0.1, -0.05) is 11.6 Å². The molecule has 0 aliphatic carbocycles. The highest BCUT2D eigenvalue weighted by molar-refractivity contribution is 7.20. The minimum Gasteiger partial charge on any atom is -0.351 e. The largest absolute Gasteiger partial charge is 0.351 e. The van der Waals surface area contributed by atoms with Crippen LogP contribution in [0.4, 0.5) is 9.80 Å². The molecule has 0 aliphatic heterocycles. The first-order valence-corrected chi connectivity index (χ1v) is 4.09. The Kier molecular flexibility index (Phi) is 2.36. The number of anilines is 1. The summed E-state index contributed by atoms with van der Waals surface area (Å²) in [7, 11) is 1.60. The first-order valence-electron chi connectivity index (χ1n) is 2.90. The van der Waals surface area contributed by atoms with Crippen LogP contribution in [-0.2, 0) is 0 Å². The smallest absolute Gasteiger partial charge is 0.319 e. The van der Waals surface area contributed by atoms with Gasteiger partial charge < -0.3 is 5.73 Å². The molecule has 2 N–H and O–H groups in total. The van der Waals surface area contributed by atoms with Crippen LogP contribution < -0.4 is 10.6 Å². The van der Waals surface area contributed by atoms with Crippen molar-refractivity contribution in [1.29, 1.82) is 0 Å². The third kappa shape index (κ3) is 1.85. The number of carbonyl (C=O) groups excluding carboxylic acids is 1. The number of hydrogen-bond acceptors (Lipinski definition) is 2. The highest BCUT2D eigenvalue weighted by Crippen LogP contribution is 2.28. The number of hydrogen-bond donors (Lipinski definition) is 1. The zero-order valence-corrected chi connectivity index (χ0v) is 7.45. The first kappa shape index (κ1) is 8.36. The third-order valence-electron chi connectivity index (χ3n) is 1.22. The highest BCUT2D eigenvalue weighted by atomic mass is 35.5. The number of rotatable bonds is 1. The second-order valence-corrected chi connectivity index (χ2v) is 3.67. The molecule has 1 aromatic rings. The number of primary amides is 1. The quantitative estimate of drug-likeness (QED) is 0.723. The fourth-order valence-corrected chi connectivity index (χ4v) is 1.59. The Bertz CT molecular complexity index is 273. The van der Waals surface area contributed by atoms with E-state index in [0.29, 0.717) is 4.34 Å². The van der Waals surface area contributed by atoms with Gasteiger partial charge in [-0.3, -0.25) is 4.90 Å². The topological polar surface area (TPSA) is 46.3 Å². The maximum Gasteiger partial charge on any atom is 0.319 e.